The predicted octanol–water partition coefficient (Wildman–Crippen LogP) is 3.93. The smallest absolute Gasteiger partial charge is 0.184 e. The summed E-state index contributed by atoms with van der Waals surface area (Å²) in [6.45, 7) is 8.15. The summed E-state index contributed by atoms with van der Waals surface area (Å²) in [7, 11) is 0. The summed E-state index contributed by atoms with van der Waals surface area (Å²) < 4.78 is 12.5. The maximum Gasteiger partial charge on any atom is 0.184 e. The van der Waals surface area contributed by atoms with E-state index in [4.69, 9.17) is 9.47 Å². The molecular formula is C21H25N3O2S. The van der Waals surface area contributed by atoms with E-state index in [1.54, 1.807) is 11.3 Å². The van der Waals surface area contributed by atoms with Crippen molar-refractivity contribution < 1.29 is 9.47 Å². The zero-order valence-corrected chi connectivity index (χ0v) is 16.4. The van der Waals surface area contributed by atoms with Gasteiger partial charge in [0, 0.05) is 26.2 Å². The minimum absolute atomic E-state index is 0.697. The summed E-state index contributed by atoms with van der Waals surface area (Å²) in [5, 5.41) is 4.36. The molecule has 27 heavy (non-hydrogen) atoms. The van der Waals surface area contributed by atoms with Crippen LogP contribution in [0, 0.1) is 6.92 Å². The first kappa shape index (κ1) is 18.2. The molecule has 1 N–H and O–H groups in total. The van der Waals surface area contributed by atoms with Crippen LogP contribution in [0.5, 0.6) is 5.75 Å². The normalized spacial score (nSPS) is 15.1. The lowest BCUT2D eigenvalue weighted by Gasteiger charge is -2.26. The fourth-order valence-corrected chi connectivity index (χ4v) is 3.96. The van der Waals surface area contributed by atoms with Crippen molar-refractivity contribution in [2.45, 2.75) is 13.5 Å². The highest BCUT2D eigenvalue weighted by Crippen LogP contribution is 2.29. The molecule has 0 bridgehead atoms. The van der Waals surface area contributed by atoms with Crippen molar-refractivity contribution >= 4 is 26.7 Å². The summed E-state index contributed by atoms with van der Waals surface area (Å²) in [5.41, 5.74) is 3.54. The van der Waals surface area contributed by atoms with Gasteiger partial charge < -0.3 is 14.8 Å². The molecule has 3 aromatic rings. The first-order valence-electron chi connectivity index (χ1n) is 9.39. The van der Waals surface area contributed by atoms with Crippen molar-refractivity contribution in [2.24, 2.45) is 0 Å². The quantitative estimate of drug-likeness (QED) is 0.670. The van der Waals surface area contributed by atoms with E-state index in [0.29, 0.717) is 6.61 Å². The van der Waals surface area contributed by atoms with Crippen molar-refractivity contribution in [3.8, 4) is 5.75 Å². The first-order valence-corrected chi connectivity index (χ1v) is 10.2. The van der Waals surface area contributed by atoms with Crippen molar-refractivity contribution in [2.75, 3.05) is 44.8 Å². The second kappa shape index (κ2) is 8.69. The molecule has 0 unspecified atom stereocenters. The van der Waals surface area contributed by atoms with Gasteiger partial charge >= 0.3 is 0 Å². The van der Waals surface area contributed by atoms with E-state index in [0.717, 1.165) is 60.5 Å². The molecule has 142 valence electrons. The van der Waals surface area contributed by atoms with E-state index < -0.39 is 0 Å². The lowest BCUT2D eigenvalue weighted by atomic mass is 10.1. The van der Waals surface area contributed by atoms with Gasteiger partial charge in [0.05, 0.1) is 23.4 Å². The maximum absolute atomic E-state index is 5.94. The minimum atomic E-state index is 0.697. The summed E-state index contributed by atoms with van der Waals surface area (Å²) in [6.07, 6.45) is 0. The average molecular weight is 384 g/mol. The van der Waals surface area contributed by atoms with Crippen molar-refractivity contribution in [1.29, 1.82) is 0 Å². The summed E-state index contributed by atoms with van der Waals surface area (Å²) in [6, 6.07) is 14.7. The molecule has 1 aliphatic rings. The highest BCUT2D eigenvalue weighted by atomic mass is 32.1. The van der Waals surface area contributed by atoms with E-state index >= 15 is 0 Å². The molecule has 2 aromatic carbocycles. The monoisotopic (exact) mass is 383 g/mol. The Morgan fingerprint density at radius 1 is 1.15 bits per heavy atom. The molecule has 0 aliphatic carbocycles. The third-order valence-electron chi connectivity index (χ3n) is 4.70. The topological polar surface area (TPSA) is 46.6 Å². The van der Waals surface area contributed by atoms with Crippen molar-refractivity contribution in [1.82, 2.24) is 9.88 Å². The Hall–Kier alpha value is -2.15. The number of aryl methyl sites for hydroxylation is 1. The Labute approximate surface area is 163 Å². The molecule has 0 radical (unpaired) electrons. The van der Waals surface area contributed by atoms with E-state index in [1.807, 2.05) is 12.1 Å². The number of anilines is 1. The highest BCUT2D eigenvalue weighted by Gasteiger charge is 2.10. The highest BCUT2D eigenvalue weighted by molar-refractivity contribution is 7.22. The number of fused-ring (bicyclic) bond motifs is 1. The number of hydrogen-bond donors (Lipinski definition) is 1. The molecule has 0 atom stereocenters. The summed E-state index contributed by atoms with van der Waals surface area (Å²) in [4.78, 5) is 7.05. The van der Waals surface area contributed by atoms with Gasteiger partial charge in [-0.3, -0.25) is 4.90 Å². The number of nitrogens with one attached hydrogen (secondary N) is 1. The van der Waals surface area contributed by atoms with Gasteiger partial charge in [-0.2, -0.15) is 0 Å². The third-order valence-corrected chi connectivity index (χ3v) is 5.68. The Bertz CT molecular complexity index is 873. The summed E-state index contributed by atoms with van der Waals surface area (Å²) in [5.74, 6) is 0.907. The van der Waals surface area contributed by atoms with E-state index in [-0.39, 0.29) is 0 Å². The van der Waals surface area contributed by atoms with Gasteiger partial charge in [-0.25, -0.2) is 4.98 Å². The van der Waals surface area contributed by atoms with Gasteiger partial charge in [0.25, 0.3) is 0 Å². The zero-order chi connectivity index (χ0) is 18.5. The number of rotatable bonds is 7. The Kier molecular flexibility index (Phi) is 5.87. The molecule has 5 nitrogen and oxygen atoms in total. The number of morpholine rings is 1. The molecule has 4 rings (SSSR count). The third kappa shape index (κ3) is 4.97. The van der Waals surface area contributed by atoms with Gasteiger partial charge in [-0.1, -0.05) is 41.2 Å². The number of nitrogens with zero attached hydrogens (tertiary/aromatic N) is 2. The summed E-state index contributed by atoms with van der Waals surface area (Å²) >= 11 is 1.67. The van der Waals surface area contributed by atoms with Crippen molar-refractivity contribution in [3.63, 3.8) is 0 Å². The Morgan fingerprint density at radius 2 is 1.96 bits per heavy atom. The minimum Gasteiger partial charge on any atom is -0.492 e. The van der Waals surface area contributed by atoms with E-state index in [9.17, 15) is 0 Å². The molecule has 1 aliphatic heterocycles. The number of hydrogen-bond acceptors (Lipinski definition) is 6. The van der Waals surface area contributed by atoms with Crippen LogP contribution in [0.1, 0.15) is 11.1 Å². The molecule has 1 saturated heterocycles. The van der Waals surface area contributed by atoms with Crippen LogP contribution >= 0.6 is 11.3 Å². The van der Waals surface area contributed by atoms with Gasteiger partial charge in [0.2, 0.25) is 0 Å². The largest absolute Gasteiger partial charge is 0.492 e. The molecule has 1 fully saturated rings. The molecule has 6 heteroatoms. The van der Waals surface area contributed by atoms with Crippen LogP contribution in [0.4, 0.5) is 5.13 Å². The van der Waals surface area contributed by atoms with E-state index in [1.165, 1.54) is 11.1 Å². The first-order chi connectivity index (χ1) is 13.3. The fourth-order valence-electron chi connectivity index (χ4n) is 3.07. The van der Waals surface area contributed by atoms with Crippen LogP contribution in [0.2, 0.25) is 0 Å². The number of thiazole rings is 1. The lowest BCUT2D eigenvalue weighted by molar-refractivity contribution is 0.0322. The van der Waals surface area contributed by atoms with Gasteiger partial charge in [0.15, 0.2) is 5.13 Å². The number of aromatic nitrogens is 1. The van der Waals surface area contributed by atoms with Crippen LogP contribution in [-0.2, 0) is 11.3 Å². The molecular weight excluding hydrogens is 358 g/mol. The predicted molar refractivity (Wildman–Crippen MR) is 111 cm³/mol. The van der Waals surface area contributed by atoms with E-state index in [2.05, 4.69) is 52.5 Å². The standard InChI is InChI=1S/C21H25N3O2S/c1-16-2-4-17(5-3-16)15-22-21-23-19-7-6-18(14-20(19)27-21)26-13-10-24-8-11-25-12-9-24/h2-7,14H,8-13,15H2,1H3,(H,22,23). The SMILES string of the molecule is Cc1ccc(CNc2nc3ccc(OCCN4CCOCC4)cc3s2)cc1. The molecule has 1 aromatic heterocycles. The molecule has 0 saturated carbocycles. The lowest BCUT2D eigenvalue weighted by Crippen LogP contribution is -2.38. The molecule has 2 heterocycles. The number of benzene rings is 2. The van der Waals surface area contributed by atoms with Gasteiger partial charge in [-0.15, -0.1) is 0 Å². The van der Waals surface area contributed by atoms with Gasteiger partial charge in [-0.05, 0) is 30.7 Å². The maximum atomic E-state index is 5.94. The second-order valence-electron chi connectivity index (χ2n) is 6.79. The van der Waals surface area contributed by atoms with Crippen LogP contribution < -0.4 is 10.1 Å². The average Bonchev–Trinajstić information content (AvgIpc) is 3.11. The zero-order valence-electron chi connectivity index (χ0n) is 15.6. The number of ether oxygens (including phenoxy) is 2. The second-order valence-corrected chi connectivity index (χ2v) is 7.82. The van der Waals surface area contributed by atoms with Crippen molar-refractivity contribution in [3.05, 3.63) is 53.6 Å². The van der Waals surface area contributed by atoms with Gasteiger partial charge in [0.1, 0.15) is 12.4 Å². The molecule has 0 amide bonds. The Balaban J connectivity index is 1.32. The van der Waals surface area contributed by atoms with Crippen LogP contribution in [0.25, 0.3) is 10.2 Å². The van der Waals surface area contributed by atoms with Crippen LogP contribution in [0.15, 0.2) is 42.5 Å². The Morgan fingerprint density at radius 3 is 2.78 bits per heavy atom. The van der Waals surface area contributed by atoms with Crippen LogP contribution in [0.3, 0.4) is 0 Å². The fraction of sp³-hybridized carbons (Fsp3) is 0.381. The van der Waals surface area contributed by atoms with Crippen LogP contribution in [-0.4, -0.2) is 49.3 Å². The molecule has 0 spiro atoms.